The quantitative estimate of drug-likeness (QED) is 0.816. The lowest BCUT2D eigenvalue weighted by Gasteiger charge is -2.26. The SMILES string of the molecule is CC(=O)CCC(c1ccc2c(c1)CCCO2)N(C)C. The molecule has 3 heteroatoms. The molecule has 0 bridgehead atoms. The van der Waals surface area contributed by atoms with Crippen molar-refractivity contribution in [3.8, 4) is 5.75 Å². The number of carbonyl (C=O) groups is 1. The fourth-order valence-corrected chi connectivity index (χ4v) is 2.65. The molecule has 1 aliphatic heterocycles. The smallest absolute Gasteiger partial charge is 0.129 e. The van der Waals surface area contributed by atoms with E-state index in [9.17, 15) is 4.79 Å². The van der Waals surface area contributed by atoms with Crippen molar-refractivity contribution in [1.29, 1.82) is 0 Å². The highest BCUT2D eigenvalue weighted by molar-refractivity contribution is 5.75. The maximum absolute atomic E-state index is 11.2. The van der Waals surface area contributed by atoms with Crippen LogP contribution in [0, 0.1) is 0 Å². The van der Waals surface area contributed by atoms with Crippen LogP contribution in [0.3, 0.4) is 0 Å². The van der Waals surface area contributed by atoms with E-state index >= 15 is 0 Å². The van der Waals surface area contributed by atoms with Crippen molar-refractivity contribution in [3.05, 3.63) is 29.3 Å². The molecule has 3 nitrogen and oxygen atoms in total. The summed E-state index contributed by atoms with van der Waals surface area (Å²) in [6, 6.07) is 6.76. The Morgan fingerprint density at radius 2 is 2.21 bits per heavy atom. The largest absolute Gasteiger partial charge is 0.493 e. The Kier molecular flexibility index (Phi) is 4.59. The van der Waals surface area contributed by atoms with Crippen molar-refractivity contribution in [3.63, 3.8) is 0 Å². The molecule has 104 valence electrons. The van der Waals surface area contributed by atoms with Crippen LogP contribution in [-0.2, 0) is 11.2 Å². The topological polar surface area (TPSA) is 29.5 Å². The summed E-state index contributed by atoms with van der Waals surface area (Å²) in [7, 11) is 4.14. The van der Waals surface area contributed by atoms with Gasteiger partial charge in [0.25, 0.3) is 0 Å². The van der Waals surface area contributed by atoms with Crippen molar-refractivity contribution in [2.24, 2.45) is 0 Å². The lowest BCUT2D eigenvalue weighted by Crippen LogP contribution is -2.21. The van der Waals surface area contributed by atoms with E-state index in [1.807, 2.05) is 0 Å². The lowest BCUT2D eigenvalue weighted by atomic mass is 9.95. The molecule has 0 radical (unpaired) electrons. The maximum atomic E-state index is 11.2. The molecule has 0 amide bonds. The van der Waals surface area contributed by atoms with Crippen molar-refractivity contribution >= 4 is 5.78 Å². The average Bonchev–Trinajstić information content (AvgIpc) is 2.38. The van der Waals surface area contributed by atoms with Gasteiger partial charge in [-0.1, -0.05) is 12.1 Å². The van der Waals surface area contributed by atoms with Crippen LogP contribution in [0.25, 0.3) is 0 Å². The molecule has 1 aliphatic rings. The highest BCUT2D eigenvalue weighted by Gasteiger charge is 2.18. The van der Waals surface area contributed by atoms with Gasteiger partial charge in [-0.25, -0.2) is 0 Å². The first-order chi connectivity index (χ1) is 9.08. The number of ether oxygens (including phenoxy) is 1. The Morgan fingerprint density at radius 1 is 1.42 bits per heavy atom. The monoisotopic (exact) mass is 261 g/mol. The first kappa shape index (κ1) is 14.1. The van der Waals surface area contributed by atoms with E-state index in [2.05, 4.69) is 37.2 Å². The third kappa shape index (κ3) is 3.57. The Balaban J connectivity index is 2.19. The van der Waals surface area contributed by atoms with Crippen molar-refractivity contribution in [2.75, 3.05) is 20.7 Å². The highest BCUT2D eigenvalue weighted by Crippen LogP contribution is 2.31. The summed E-state index contributed by atoms with van der Waals surface area (Å²) in [4.78, 5) is 13.4. The van der Waals surface area contributed by atoms with Crippen LogP contribution >= 0.6 is 0 Å². The Labute approximate surface area is 115 Å². The Morgan fingerprint density at radius 3 is 2.89 bits per heavy atom. The number of hydrogen-bond acceptors (Lipinski definition) is 3. The molecule has 1 aromatic rings. The van der Waals surface area contributed by atoms with Gasteiger partial charge in [0.05, 0.1) is 6.61 Å². The van der Waals surface area contributed by atoms with E-state index in [0.29, 0.717) is 12.5 Å². The van der Waals surface area contributed by atoms with E-state index in [-0.39, 0.29) is 5.78 Å². The number of nitrogens with zero attached hydrogens (tertiary/aromatic N) is 1. The third-order valence-corrected chi connectivity index (χ3v) is 3.71. The van der Waals surface area contributed by atoms with Crippen molar-refractivity contribution in [1.82, 2.24) is 4.90 Å². The first-order valence-corrected chi connectivity index (χ1v) is 6.99. The lowest BCUT2D eigenvalue weighted by molar-refractivity contribution is -0.117. The van der Waals surface area contributed by atoms with Crippen LogP contribution in [0.5, 0.6) is 5.75 Å². The number of carbonyl (C=O) groups excluding carboxylic acids is 1. The predicted octanol–water partition coefficient (Wildman–Crippen LogP) is 2.98. The minimum atomic E-state index is 0.258. The minimum Gasteiger partial charge on any atom is -0.493 e. The summed E-state index contributed by atoms with van der Waals surface area (Å²) < 4.78 is 5.65. The normalized spacial score (nSPS) is 15.8. The van der Waals surface area contributed by atoms with Crippen LogP contribution in [0.1, 0.15) is 43.4 Å². The number of aryl methyl sites for hydroxylation is 1. The molecule has 1 unspecified atom stereocenters. The predicted molar refractivity (Wildman–Crippen MR) is 76.6 cm³/mol. The molecule has 0 aromatic heterocycles. The number of hydrogen-bond donors (Lipinski definition) is 0. The third-order valence-electron chi connectivity index (χ3n) is 3.71. The van der Waals surface area contributed by atoms with Gasteiger partial charge in [0, 0.05) is 12.5 Å². The second-order valence-corrected chi connectivity index (χ2v) is 5.54. The summed E-state index contributed by atoms with van der Waals surface area (Å²) >= 11 is 0. The van der Waals surface area contributed by atoms with Crippen LogP contribution < -0.4 is 4.74 Å². The maximum Gasteiger partial charge on any atom is 0.129 e. The molecule has 0 fully saturated rings. The Hall–Kier alpha value is -1.35. The molecule has 0 N–H and O–H groups in total. The van der Waals surface area contributed by atoms with Crippen LogP contribution in [0.15, 0.2) is 18.2 Å². The number of Topliss-reactive ketones (excluding diaryl/α,β-unsaturated/α-hetero) is 1. The minimum absolute atomic E-state index is 0.258. The molecular formula is C16H23NO2. The van der Waals surface area contributed by atoms with Gasteiger partial charge < -0.3 is 14.4 Å². The summed E-state index contributed by atoms with van der Waals surface area (Å²) in [6.45, 7) is 2.49. The number of benzene rings is 1. The van der Waals surface area contributed by atoms with Gasteiger partial charge >= 0.3 is 0 Å². The second-order valence-electron chi connectivity index (χ2n) is 5.54. The van der Waals surface area contributed by atoms with E-state index in [0.717, 1.165) is 31.6 Å². The zero-order chi connectivity index (χ0) is 13.8. The van der Waals surface area contributed by atoms with Gasteiger partial charge in [-0.15, -0.1) is 0 Å². The fraction of sp³-hybridized carbons (Fsp3) is 0.562. The van der Waals surface area contributed by atoms with Crippen molar-refractivity contribution in [2.45, 2.75) is 38.6 Å². The van der Waals surface area contributed by atoms with Crippen LogP contribution in [-0.4, -0.2) is 31.4 Å². The van der Waals surface area contributed by atoms with E-state index in [1.165, 1.54) is 11.1 Å². The fourth-order valence-electron chi connectivity index (χ4n) is 2.65. The molecule has 0 saturated heterocycles. The van der Waals surface area contributed by atoms with E-state index < -0.39 is 0 Å². The molecule has 19 heavy (non-hydrogen) atoms. The van der Waals surface area contributed by atoms with Gasteiger partial charge in [0.2, 0.25) is 0 Å². The first-order valence-electron chi connectivity index (χ1n) is 6.99. The summed E-state index contributed by atoms with van der Waals surface area (Å²) in [6.07, 6.45) is 3.70. The standard InChI is InChI=1S/C16H23NO2/c1-12(18)6-8-15(17(2)3)13-7-9-16-14(11-13)5-4-10-19-16/h7,9,11,15H,4-6,8,10H2,1-3H3. The van der Waals surface area contributed by atoms with Gasteiger partial charge in [-0.05, 0) is 57.5 Å². The number of fused-ring (bicyclic) bond motifs is 1. The molecule has 0 spiro atoms. The molecule has 0 saturated carbocycles. The van der Waals surface area contributed by atoms with Gasteiger partial charge in [0.15, 0.2) is 0 Å². The number of ketones is 1. The number of rotatable bonds is 5. The van der Waals surface area contributed by atoms with Gasteiger partial charge in [0.1, 0.15) is 11.5 Å². The van der Waals surface area contributed by atoms with Gasteiger partial charge in [-0.2, -0.15) is 0 Å². The Bertz CT molecular complexity index is 454. The van der Waals surface area contributed by atoms with Gasteiger partial charge in [-0.3, -0.25) is 0 Å². The van der Waals surface area contributed by atoms with Crippen LogP contribution in [0.2, 0.25) is 0 Å². The molecule has 1 atom stereocenters. The molecule has 2 rings (SSSR count). The summed E-state index contributed by atoms with van der Waals surface area (Å²) in [5.41, 5.74) is 2.59. The van der Waals surface area contributed by atoms with E-state index in [4.69, 9.17) is 4.74 Å². The molecule has 1 aromatic carbocycles. The average molecular weight is 261 g/mol. The molecule has 0 aliphatic carbocycles. The summed E-state index contributed by atoms with van der Waals surface area (Å²) in [5.74, 6) is 1.28. The zero-order valence-corrected chi connectivity index (χ0v) is 12.1. The van der Waals surface area contributed by atoms with E-state index in [1.54, 1.807) is 6.92 Å². The molecular weight excluding hydrogens is 238 g/mol. The molecule has 1 heterocycles. The van der Waals surface area contributed by atoms with Crippen LogP contribution in [0.4, 0.5) is 0 Å². The zero-order valence-electron chi connectivity index (χ0n) is 12.1. The summed E-state index contributed by atoms with van der Waals surface area (Å²) in [5, 5.41) is 0. The second kappa shape index (κ2) is 6.20. The highest BCUT2D eigenvalue weighted by atomic mass is 16.5. The van der Waals surface area contributed by atoms with Crippen molar-refractivity contribution < 1.29 is 9.53 Å².